The van der Waals surface area contributed by atoms with Crippen molar-refractivity contribution in [1.82, 2.24) is 15.5 Å². The van der Waals surface area contributed by atoms with Crippen LogP contribution in [0.4, 0.5) is 10.5 Å². The molecule has 0 saturated carbocycles. The molecule has 2 N–H and O–H groups in total. The van der Waals surface area contributed by atoms with Gasteiger partial charge in [-0.25, -0.2) is 4.79 Å². The third kappa shape index (κ3) is 3.88. The molecule has 33 heavy (non-hydrogen) atoms. The minimum atomic E-state index is -0.559. The first-order valence-electron chi connectivity index (χ1n) is 10.3. The van der Waals surface area contributed by atoms with Gasteiger partial charge < -0.3 is 10.1 Å². The number of nitrogens with one attached hydrogen (secondary N) is 2. The number of nitro benzene ring substituents is 1. The number of ether oxygens (including phenoxy) is 1. The SMILES string of the molecule is O=C(NCC#Cc1[nH]nc2ccc([N+](=O)[O-])cc12)OCC1c2ccccc2-c2ccccc21. The first-order valence-corrected chi connectivity index (χ1v) is 10.3. The summed E-state index contributed by atoms with van der Waals surface area (Å²) in [5.41, 5.74) is 5.61. The summed E-state index contributed by atoms with van der Waals surface area (Å²) in [7, 11) is 0. The summed E-state index contributed by atoms with van der Waals surface area (Å²) in [5, 5.41) is 21.0. The molecule has 0 fully saturated rings. The molecule has 8 nitrogen and oxygen atoms in total. The minimum Gasteiger partial charge on any atom is -0.449 e. The molecule has 0 radical (unpaired) electrons. The van der Waals surface area contributed by atoms with Crippen molar-refractivity contribution in [1.29, 1.82) is 0 Å². The van der Waals surface area contributed by atoms with E-state index >= 15 is 0 Å². The van der Waals surface area contributed by atoms with Gasteiger partial charge in [-0.3, -0.25) is 15.2 Å². The maximum absolute atomic E-state index is 12.2. The van der Waals surface area contributed by atoms with Crippen molar-refractivity contribution in [3.8, 4) is 23.0 Å². The van der Waals surface area contributed by atoms with Gasteiger partial charge in [0.1, 0.15) is 12.3 Å². The molecule has 8 heteroatoms. The third-order valence-electron chi connectivity index (χ3n) is 5.63. The lowest BCUT2D eigenvalue weighted by molar-refractivity contribution is -0.384. The fourth-order valence-corrected chi connectivity index (χ4v) is 4.11. The van der Waals surface area contributed by atoms with E-state index in [1.165, 1.54) is 23.3 Å². The highest BCUT2D eigenvalue weighted by Crippen LogP contribution is 2.44. The zero-order valence-electron chi connectivity index (χ0n) is 17.4. The predicted octanol–water partition coefficient (Wildman–Crippen LogP) is 4.36. The zero-order chi connectivity index (χ0) is 22.8. The van der Waals surface area contributed by atoms with Crippen LogP contribution in [0.5, 0.6) is 0 Å². The second-order valence-corrected chi connectivity index (χ2v) is 7.54. The van der Waals surface area contributed by atoms with Gasteiger partial charge in [-0.1, -0.05) is 54.5 Å². The van der Waals surface area contributed by atoms with Crippen LogP contribution >= 0.6 is 0 Å². The minimum absolute atomic E-state index is 0.0126. The van der Waals surface area contributed by atoms with E-state index in [1.807, 2.05) is 24.3 Å². The zero-order valence-corrected chi connectivity index (χ0v) is 17.4. The van der Waals surface area contributed by atoms with Gasteiger partial charge in [-0.15, -0.1) is 0 Å². The fraction of sp³-hybridized carbons (Fsp3) is 0.120. The largest absolute Gasteiger partial charge is 0.449 e. The van der Waals surface area contributed by atoms with E-state index in [1.54, 1.807) is 6.07 Å². The Kier molecular flexibility index (Phi) is 5.21. The molecule has 0 unspecified atom stereocenters. The van der Waals surface area contributed by atoms with Crippen molar-refractivity contribution < 1.29 is 14.5 Å². The average molecular weight is 438 g/mol. The number of nitrogens with zero attached hydrogens (tertiary/aromatic N) is 2. The van der Waals surface area contributed by atoms with Crippen molar-refractivity contribution in [3.63, 3.8) is 0 Å². The molecule has 0 spiro atoms. The Morgan fingerprint density at radius 1 is 1.09 bits per heavy atom. The quantitative estimate of drug-likeness (QED) is 0.279. The van der Waals surface area contributed by atoms with Crippen LogP contribution in [0.2, 0.25) is 0 Å². The van der Waals surface area contributed by atoms with E-state index < -0.39 is 11.0 Å². The van der Waals surface area contributed by atoms with Crippen LogP contribution in [-0.4, -0.2) is 34.4 Å². The van der Waals surface area contributed by atoms with Gasteiger partial charge in [0.2, 0.25) is 0 Å². The van der Waals surface area contributed by atoms with Crippen LogP contribution in [0.1, 0.15) is 22.7 Å². The van der Waals surface area contributed by atoms with E-state index in [0.29, 0.717) is 16.6 Å². The van der Waals surface area contributed by atoms with Gasteiger partial charge >= 0.3 is 6.09 Å². The summed E-state index contributed by atoms with van der Waals surface area (Å²) in [6.45, 7) is 0.286. The van der Waals surface area contributed by atoms with Gasteiger partial charge in [-0.05, 0) is 34.2 Å². The highest BCUT2D eigenvalue weighted by atomic mass is 16.6. The Morgan fingerprint density at radius 2 is 1.79 bits per heavy atom. The molecule has 3 aromatic carbocycles. The number of alkyl carbamates (subject to hydrolysis) is 1. The Bertz CT molecular complexity index is 1400. The summed E-state index contributed by atoms with van der Waals surface area (Å²) in [6.07, 6.45) is -0.559. The van der Waals surface area contributed by atoms with Crippen molar-refractivity contribution in [2.75, 3.05) is 13.2 Å². The Labute approximate surface area is 188 Å². The number of H-pyrrole nitrogens is 1. The number of fused-ring (bicyclic) bond motifs is 4. The number of aromatic nitrogens is 2. The molecule has 1 aliphatic carbocycles. The lowest BCUT2D eigenvalue weighted by atomic mass is 9.98. The van der Waals surface area contributed by atoms with E-state index in [9.17, 15) is 14.9 Å². The van der Waals surface area contributed by atoms with Crippen molar-refractivity contribution in [2.45, 2.75) is 5.92 Å². The van der Waals surface area contributed by atoms with Gasteiger partial charge in [0.15, 0.2) is 0 Å². The number of hydrogen-bond acceptors (Lipinski definition) is 5. The Morgan fingerprint density at radius 3 is 2.48 bits per heavy atom. The molecule has 0 saturated heterocycles. The molecule has 0 atom stereocenters. The molecule has 0 aliphatic heterocycles. The maximum Gasteiger partial charge on any atom is 0.407 e. The van der Waals surface area contributed by atoms with Gasteiger partial charge in [-0.2, -0.15) is 5.10 Å². The number of nitro groups is 1. The fourth-order valence-electron chi connectivity index (χ4n) is 4.11. The number of carbonyl (C=O) groups is 1. The molecule has 1 heterocycles. The second kappa shape index (κ2) is 8.48. The van der Waals surface area contributed by atoms with Crippen LogP contribution in [0.15, 0.2) is 66.7 Å². The monoisotopic (exact) mass is 438 g/mol. The van der Waals surface area contributed by atoms with Crippen LogP contribution in [-0.2, 0) is 4.74 Å². The Hall–Kier alpha value is -4.64. The lowest BCUT2D eigenvalue weighted by Gasteiger charge is -2.14. The average Bonchev–Trinajstić information content (AvgIpc) is 3.39. The summed E-state index contributed by atoms with van der Waals surface area (Å²) in [6, 6.07) is 20.6. The molecule has 4 aromatic rings. The number of rotatable bonds is 4. The molecule has 1 aromatic heterocycles. The normalized spacial score (nSPS) is 11.9. The van der Waals surface area contributed by atoms with Crippen LogP contribution < -0.4 is 5.32 Å². The smallest absolute Gasteiger partial charge is 0.407 e. The summed E-state index contributed by atoms with van der Waals surface area (Å²) in [5.74, 6) is 5.65. The van der Waals surface area contributed by atoms with Gasteiger partial charge in [0.05, 0.1) is 17.0 Å². The summed E-state index contributed by atoms with van der Waals surface area (Å²) < 4.78 is 5.48. The number of aromatic amines is 1. The third-order valence-corrected chi connectivity index (χ3v) is 5.63. The van der Waals surface area contributed by atoms with Gasteiger partial charge in [0.25, 0.3) is 5.69 Å². The topological polar surface area (TPSA) is 110 Å². The number of hydrogen-bond donors (Lipinski definition) is 2. The molecule has 1 aliphatic rings. The summed E-state index contributed by atoms with van der Waals surface area (Å²) >= 11 is 0. The van der Waals surface area contributed by atoms with E-state index in [2.05, 4.69) is 51.6 Å². The lowest BCUT2D eigenvalue weighted by Crippen LogP contribution is -2.26. The van der Waals surface area contributed by atoms with Crippen LogP contribution in [0.3, 0.4) is 0 Å². The highest BCUT2D eigenvalue weighted by Gasteiger charge is 2.28. The molecular weight excluding hydrogens is 420 g/mol. The first kappa shape index (κ1) is 20.3. The molecule has 162 valence electrons. The first-order chi connectivity index (χ1) is 16.1. The van der Waals surface area contributed by atoms with Crippen LogP contribution in [0.25, 0.3) is 22.0 Å². The predicted molar refractivity (Wildman–Crippen MR) is 123 cm³/mol. The Balaban J connectivity index is 1.21. The number of non-ortho nitro benzene ring substituents is 1. The molecule has 5 rings (SSSR count). The molecular formula is C25H18N4O4. The van der Waals surface area contributed by atoms with E-state index in [0.717, 1.165) is 11.1 Å². The standard InChI is InChI=1S/C25H18N4O4/c30-25(26-13-5-10-23-21-14-16(29(31)32)11-12-24(21)28-27-23)33-15-22-19-8-3-1-6-17(19)18-7-2-4-9-20(18)22/h1-4,6-9,11-12,14,22H,13,15H2,(H,26,30)(H,27,28). The van der Waals surface area contributed by atoms with Crippen LogP contribution in [0, 0.1) is 22.0 Å². The number of carbonyl (C=O) groups excluding carboxylic acids is 1. The van der Waals surface area contributed by atoms with Gasteiger partial charge in [0, 0.05) is 23.4 Å². The number of benzene rings is 3. The molecule has 1 amide bonds. The summed E-state index contributed by atoms with van der Waals surface area (Å²) in [4.78, 5) is 22.7. The van der Waals surface area contributed by atoms with Crippen molar-refractivity contribution in [2.24, 2.45) is 0 Å². The van der Waals surface area contributed by atoms with Crippen molar-refractivity contribution in [3.05, 3.63) is 93.7 Å². The molecule has 0 bridgehead atoms. The van der Waals surface area contributed by atoms with E-state index in [-0.39, 0.29) is 24.8 Å². The van der Waals surface area contributed by atoms with E-state index in [4.69, 9.17) is 4.74 Å². The second-order valence-electron chi connectivity index (χ2n) is 7.54. The van der Waals surface area contributed by atoms with Crippen molar-refractivity contribution >= 4 is 22.7 Å². The number of amides is 1. The maximum atomic E-state index is 12.2. The highest BCUT2D eigenvalue weighted by molar-refractivity contribution is 5.86.